The van der Waals surface area contributed by atoms with Crippen LogP contribution < -0.4 is 11.1 Å². The Bertz CT molecular complexity index is 1210. The summed E-state index contributed by atoms with van der Waals surface area (Å²) in [4.78, 5) is 24.8. The summed E-state index contributed by atoms with van der Waals surface area (Å²) in [7, 11) is 0. The van der Waals surface area contributed by atoms with Gasteiger partial charge in [-0.2, -0.15) is 5.10 Å². The Hall–Kier alpha value is -2.19. The van der Waals surface area contributed by atoms with Gasteiger partial charge in [-0.3, -0.25) is 4.79 Å². The van der Waals surface area contributed by atoms with Crippen LogP contribution in [0, 0.1) is 53.3 Å². The number of carbonyl (C=O) groups excluding carboxylic acids is 1. The van der Waals surface area contributed by atoms with E-state index in [-0.39, 0.29) is 51.9 Å². The Balaban J connectivity index is 1.22. The molecule has 4 aliphatic carbocycles. The molecule has 0 spiro atoms. The lowest BCUT2D eigenvalue weighted by atomic mass is 9.43. The number of amides is 1. The first-order valence-corrected chi connectivity index (χ1v) is 15.4. The summed E-state index contributed by atoms with van der Waals surface area (Å²) in [5.74, 6) is 2.72. The molecule has 0 saturated heterocycles. The number of aliphatic hydroxyl groups is 2. The molecule has 4 saturated carbocycles. The van der Waals surface area contributed by atoms with Crippen molar-refractivity contribution in [3.05, 3.63) is 27.8 Å². The third kappa shape index (κ3) is 4.93. The van der Waals surface area contributed by atoms with Crippen LogP contribution in [0.1, 0.15) is 103 Å². The first-order chi connectivity index (χ1) is 18.9. The second kappa shape index (κ2) is 10.9. The van der Waals surface area contributed by atoms with Gasteiger partial charge in [0.15, 0.2) is 0 Å². The number of aliphatic hydroxyl groups excluding tert-OH is 2. The van der Waals surface area contributed by atoms with E-state index in [1.54, 1.807) is 13.8 Å². The van der Waals surface area contributed by atoms with Gasteiger partial charge in [-0.25, -0.2) is 10.2 Å². The minimum Gasteiger partial charge on any atom is -0.507 e. The van der Waals surface area contributed by atoms with Gasteiger partial charge in [0.2, 0.25) is 5.91 Å². The summed E-state index contributed by atoms with van der Waals surface area (Å²) in [6, 6.07) is 1.35. The zero-order chi connectivity index (χ0) is 29.0. The zero-order valence-corrected chi connectivity index (χ0v) is 24.8. The van der Waals surface area contributed by atoms with Crippen molar-refractivity contribution in [3.63, 3.8) is 0 Å². The molecular formula is C32H48N2O6. The van der Waals surface area contributed by atoms with Crippen molar-refractivity contribution in [3.8, 4) is 5.75 Å². The highest BCUT2D eigenvalue weighted by Crippen LogP contribution is 2.68. The minimum atomic E-state index is -0.692. The van der Waals surface area contributed by atoms with Gasteiger partial charge in [-0.05, 0) is 118 Å². The third-order valence-electron chi connectivity index (χ3n) is 12.1. The lowest BCUT2D eigenvalue weighted by Gasteiger charge is -2.62. The van der Waals surface area contributed by atoms with E-state index in [1.165, 1.54) is 18.9 Å². The molecule has 0 unspecified atom stereocenters. The molecule has 4 aliphatic rings. The molecule has 1 aromatic rings. The number of fused-ring (bicyclic) bond motifs is 5. The number of rotatable bonds is 6. The van der Waals surface area contributed by atoms with Crippen molar-refractivity contribution in [2.24, 2.45) is 51.4 Å². The van der Waals surface area contributed by atoms with Crippen molar-refractivity contribution in [1.29, 1.82) is 0 Å². The second-order valence-electron chi connectivity index (χ2n) is 14.0. The summed E-state index contributed by atoms with van der Waals surface area (Å²) >= 11 is 0. The molecular weight excluding hydrogens is 508 g/mol. The number of aromatic hydroxyl groups is 1. The van der Waals surface area contributed by atoms with Crippen LogP contribution in [0.2, 0.25) is 0 Å². The smallest absolute Gasteiger partial charge is 0.348 e. The molecule has 8 nitrogen and oxygen atoms in total. The predicted octanol–water partition coefficient (Wildman–Crippen LogP) is 4.90. The molecule has 8 heteroatoms. The highest BCUT2D eigenvalue weighted by atomic mass is 16.4. The van der Waals surface area contributed by atoms with E-state index in [0.29, 0.717) is 48.2 Å². The van der Waals surface area contributed by atoms with Crippen LogP contribution in [0.3, 0.4) is 0 Å². The molecule has 10 atom stereocenters. The van der Waals surface area contributed by atoms with E-state index in [0.717, 1.165) is 38.5 Å². The van der Waals surface area contributed by atoms with Crippen LogP contribution in [-0.2, 0) is 4.79 Å². The highest BCUT2D eigenvalue weighted by Gasteiger charge is 2.63. The fourth-order valence-electron chi connectivity index (χ4n) is 9.91. The molecule has 5 rings (SSSR count). The SMILES string of the molecule is CC(=NNC(=O)CC[C@H](C)[C@@H]1CC[C@@H]2[C@@H]3CC[C@H]4C[C@H](O)CC[C@]4(C)[C@H]3C[C@H](O)[C@@]21C)c1c(O)cc(C)oc1=O. The van der Waals surface area contributed by atoms with E-state index >= 15 is 0 Å². The molecule has 0 aromatic carbocycles. The van der Waals surface area contributed by atoms with E-state index in [2.05, 4.69) is 31.3 Å². The maximum absolute atomic E-state index is 12.7. The van der Waals surface area contributed by atoms with Crippen molar-refractivity contribution in [1.82, 2.24) is 5.43 Å². The van der Waals surface area contributed by atoms with E-state index < -0.39 is 5.63 Å². The first-order valence-electron chi connectivity index (χ1n) is 15.4. The van der Waals surface area contributed by atoms with E-state index in [9.17, 15) is 24.9 Å². The van der Waals surface area contributed by atoms with Crippen molar-refractivity contribution in [2.75, 3.05) is 0 Å². The number of hydrazone groups is 1. The lowest BCUT2D eigenvalue weighted by molar-refractivity contribution is -0.174. The molecule has 1 amide bonds. The van der Waals surface area contributed by atoms with Gasteiger partial charge in [-0.15, -0.1) is 0 Å². The number of carbonyl (C=O) groups is 1. The summed E-state index contributed by atoms with van der Waals surface area (Å²) in [5.41, 5.74) is 2.06. The zero-order valence-electron chi connectivity index (χ0n) is 24.8. The predicted molar refractivity (Wildman–Crippen MR) is 153 cm³/mol. The summed E-state index contributed by atoms with van der Waals surface area (Å²) in [5, 5.41) is 36.2. The topological polar surface area (TPSA) is 132 Å². The van der Waals surface area contributed by atoms with Gasteiger partial charge in [0.1, 0.15) is 17.1 Å². The number of hydrogen-bond donors (Lipinski definition) is 4. The largest absolute Gasteiger partial charge is 0.507 e. The van der Waals surface area contributed by atoms with Crippen LogP contribution >= 0.6 is 0 Å². The standard InChI is InChI=1S/C32H48N2O6/c1-17(6-11-28(38)34-33-19(3)29-26(36)14-18(2)40-30(29)39)23-9-10-24-22-8-7-20-15-21(35)12-13-31(20,4)25(22)16-27(37)32(23,24)5/h14,17,20-25,27,35-37H,6-13,15-16H2,1-5H3,(H,34,38)/t17-,20-,21+,22-,23-,24+,25-,27-,31-,32+/m0/s1. The fraction of sp³-hybridized carbons (Fsp3) is 0.781. The molecule has 4 N–H and O–H groups in total. The van der Waals surface area contributed by atoms with Crippen LogP contribution in [0.5, 0.6) is 5.75 Å². The molecule has 222 valence electrons. The second-order valence-corrected chi connectivity index (χ2v) is 14.0. The quantitative estimate of drug-likeness (QED) is 0.291. The molecule has 4 fully saturated rings. The highest BCUT2D eigenvalue weighted by molar-refractivity contribution is 6.01. The Morgan fingerprint density at radius 3 is 2.62 bits per heavy atom. The first kappa shape index (κ1) is 29.3. The molecule has 40 heavy (non-hydrogen) atoms. The average Bonchev–Trinajstić information content (AvgIpc) is 3.25. The number of aryl methyl sites for hydroxylation is 1. The average molecular weight is 557 g/mol. The maximum Gasteiger partial charge on any atom is 0.348 e. The van der Waals surface area contributed by atoms with Crippen molar-refractivity contribution in [2.45, 2.75) is 111 Å². The van der Waals surface area contributed by atoms with Gasteiger partial charge in [0, 0.05) is 12.5 Å². The Kier molecular flexibility index (Phi) is 7.99. The fourth-order valence-corrected chi connectivity index (χ4v) is 9.91. The number of nitrogens with one attached hydrogen (secondary N) is 1. The molecule has 1 heterocycles. The summed E-state index contributed by atoms with van der Waals surface area (Å²) in [6.45, 7) is 10.1. The maximum atomic E-state index is 12.7. The van der Waals surface area contributed by atoms with Gasteiger partial charge >= 0.3 is 5.63 Å². The van der Waals surface area contributed by atoms with Gasteiger partial charge in [0.25, 0.3) is 0 Å². The summed E-state index contributed by atoms with van der Waals surface area (Å²) < 4.78 is 5.04. The molecule has 0 aliphatic heterocycles. The van der Waals surface area contributed by atoms with Crippen LogP contribution in [0.15, 0.2) is 20.4 Å². The molecule has 0 radical (unpaired) electrons. The molecule has 0 bridgehead atoms. The van der Waals surface area contributed by atoms with Crippen LogP contribution in [0.25, 0.3) is 0 Å². The van der Waals surface area contributed by atoms with Crippen molar-refractivity contribution < 1.29 is 24.5 Å². The normalized spacial score (nSPS) is 40.1. The number of nitrogens with zero attached hydrogens (tertiary/aromatic N) is 1. The third-order valence-corrected chi connectivity index (χ3v) is 12.1. The number of hydrogen-bond acceptors (Lipinski definition) is 7. The van der Waals surface area contributed by atoms with Gasteiger partial charge in [0.05, 0.1) is 17.9 Å². The van der Waals surface area contributed by atoms with Gasteiger partial charge in [-0.1, -0.05) is 20.8 Å². The Labute approximate surface area is 237 Å². The van der Waals surface area contributed by atoms with Gasteiger partial charge < -0.3 is 19.7 Å². The van der Waals surface area contributed by atoms with Crippen LogP contribution in [-0.4, -0.2) is 39.1 Å². The van der Waals surface area contributed by atoms with E-state index in [1.807, 2.05) is 0 Å². The van der Waals surface area contributed by atoms with Crippen LogP contribution in [0.4, 0.5) is 0 Å². The van der Waals surface area contributed by atoms with E-state index in [4.69, 9.17) is 4.42 Å². The Morgan fingerprint density at radius 1 is 1.15 bits per heavy atom. The molecule has 1 aromatic heterocycles. The minimum absolute atomic E-state index is 0.0546. The Morgan fingerprint density at radius 2 is 1.90 bits per heavy atom. The monoisotopic (exact) mass is 556 g/mol. The lowest BCUT2D eigenvalue weighted by Crippen LogP contribution is -2.58. The van der Waals surface area contributed by atoms with Crippen molar-refractivity contribution >= 4 is 11.6 Å². The summed E-state index contributed by atoms with van der Waals surface area (Å²) in [6.07, 6.45) is 8.87.